The van der Waals surface area contributed by atoms with Crippen LogP contribution in [-0.2, 0) is 14.8 Å². The zero-order valence-corrected chi connectivity index (χ0v) is 17.5. The number of amides is 1. The third-order valence-corrected chi connectivity index (χ3v) is 7.03. The average Bonchev–Trinajstić information content (AvgIpc) is 3.12. The van der Waals surface area contributed by atoms with E-state index in [1.54, 1.807) is 19.1 Å². The highest BCUT2D eigenvalue weighted by Gasteiger charge is 2.40. The van der Waals surface area contributed by atoms with Crippen molar-refractivity contribution in [1.82, 2.24) is 4.31 Å². The first-order chi connectivity index (χ1) is 13.2. The van der Waals surface area contributed by atoms with Gasteiger partial charge in [0.15, 0.2) is 0 Å². The summed E-state index contributed by atoms with van der Waals surface area (Å²) in [4.78, 5) is 13.1. The molecular formula is C21H26N2O4S. The number of sulfonamides is 1. The maximum absolute atomic E-state index is 13.3. The number of anilines is 1. The van der Waals surface area contributed by atoms with Gasteiger partial charge >= 0.3 is 0 Å². The number of benzene rings is 2. The molecule has 2 aromatic rings. The summed E-state index contributed by atoms with van der Waals surface area (Å²) >= 11 is 0. The zero-order valence-electron chi connectivity index (χ0n) is 16.7. The number of hydrogen-bond acceptors (Lipinski definition) is 4. The second-order valence-electron chi connectivity index (χ2n) is 7.27. The van der Waals surface area contributed by atoms with Crippen molar-refractivity contribution < 1.29 is 17.9 Å². The van der Waals surface area contributed by atoms with E-state index in [-0.39, 0.29) is 10.8 Å². The van der Waals surface area contributed by atoms with Crippen molar-refractivity contribution in [3.8, 4) is 5.75 Å². The maximum Gasteiger partial charge on any atom is 0.244 e. The lowest BCUT2D eigenvalue weighted by molar-refractivity contribution is -0.119. The van der Waals surface area contributed by atoms with Gasteiger partial charge in [-0.25, -0.2) is 8.42 Å². The van der Waals surface area contributed by atoms with E-state index in [1.165, 1.54) is 17.5 Å². The van der Waals surface area contributed by atoms with E-state index in [1.807, 2.05) is 32.0 Å². The first-order valence-electron chi connectivity index (χ1n) is 9.28. The number of carbonyl (C=O) groups is 1. The van der Waals surface area contributed by atoms with E-state index in [4.69, 9.17) is 4.74 Å². The van der Waals surface area contributed by atoms with E-state index >= 15 is 0 Å². The summed E-state index contributed by atoms with van der Waals surface area (Å²) in [5.74, 6) is 0.172. The number of nitrogens with zero attached hydrogens (tertiary/aromatic N) is 1. The van der Waals surface area contributed by atoms with E-state index < -0.39 is 16.1 Å². The number of carbonyl (C=O) groups excluding carboxylic acids is 1. The van der Waals surface area contributed by atoms with Crippen LogP contribution < -0.4 is 10.1 Å². The number of ether oxygens (including phenoxy) is 1. The normalized spacial score (nSPS) is 17.5. The standard InChI is InChI=1S/C21H26N2O4S/c1-14-10-15(2)12-17(11-14)22-21(24)19-6-5-9-23(19)28(25,26)20-13-18(27-4)8-7-16(20)3/h7-8,10-13,19H,5-6,9H2,1-4H3,(H,22,24)/t19-/m1/s1. The summed E-state index contributed by atoms with van der Waals surface area (Å²) in [5, 5.41) is 2.89. The highest BCUT2D eigenvalue weighted by atomic mass is 32.2. The molecule has 0 saturated carbocycles. The molecule has 0 spiro atoms. The lowest BCUT2D eigenvalue weighted by Gasteiger charge is -2.24. The highest BCUT2D eigenvalue weighted by molar-refractivity contribution is 7.89. The summed E-state index contributed by atoms with van der Waals surface area (Å²) in [6.07, 6.45) is 1.14. The third kappa shape index (κ3) is 4.05. The van der Waals surface area contributed by atoms with Crippen molar-refractivity contribution in [2.24, 2.45) is 0 Å². The Balaban J connectivity index is 1.88. The molecule has 1 aliphatic rings. The zero-order chi connectivity index (χ0) is 20.5. The van der Waals surface area contributed by atoms with Gasteiger partial charge in [-0.3, -0.25) is 4.79 Å². The van der Waals surface area contributed by atoms with Gasteiger partial charge in [-0.15, -0.1) is 0 Å². The van der Waals surface area contributed by atoms with Gasteiger partial charge < -0.3 is 10.1 Å². The topological polar surface area (TPSA) is 75.7 Å². The lowest BCUT2D eigenvalue weighted by Crippen LogP contribution is -2.43. The molecule has 0 unspecified atom stereocenters. The molecule has 1 aliphatic heterocycles. The fourth-order valence-corrected chi connectivity index (χ4v) is 5.57. The van der Waals surface area contributed by atoms with E-state index in [0.717, 1.165) is 11.1 Å². The molecule has 1 atom stereocenters. The van der Waals surface area contributed by atoms with Crippen LogP contribution in [0.3, 0.4) is 0 Å². The average molecular weight is 403 g/mol. The molecule has 0 bridgehead atoms. The predicted octanol–water partition coefficient (Wildman–Crippen LogP) is 3.41. The Kier molecular flexibility index (Phi) is 5.76. The van der Waals surface area contributed by atoms with Gasteiger partial charge in [-0.05, 0) is 68.5 Å². The van der Waals surface area contributed by atoms with Crippen LogP contribution in [0.25, 0.3) is 0 Å². The SMILES string of the molecule is COc1ccc(C)c(S(=O)(=O)N2CCC[C@@H]2C(=O)Nc2cc(C)cc(C)c2)c1. The molecule has 1 amide bonds. The van der Waals surface area contributed by atoms with Crippen LogP contribution in [0, 0.1) is 20.8 Å². The summed E-state index contributed by atoms with van der Waals surface area (Å²) in [5.41, 5.74) is 3.39. The Labute approximate surface area is 166 Å². The molecular weight excluding hydrogens is 376 g/mol. The number of hydrogen-bond donors (Lipinski definition) is 1. The summed E-state index contributed by atoms with van der Waals surface area (Å²) in [6.45, 7) is 5.98. The van der Waals surface area contributed by atoms with E-state index in [9.17, 15) is 13.2 Å². The summed E-state index contributed by atoms with van der Waals surface area (Å²) in [6, 6.07) is 10.0. The summed E-state index contributed by atoms with van der Waals surface area (Å²) in [7, 11) is -2.32. The first-order valence-corrected chi connectivity index (χ1v) is 10.7. The minimum absolute atomic E-state index is 0.179. The van der Waals surface area contributed by atoms with Crippen LogP contribution in [0.15, 0.2) is 41.3 Å². The van der Waals surface area contributed by atoms with Crippen LogP contribution in [0.1, 0.15) is 29.5 Å². The second-order valence-corrected chi connectivity index (χ2v) is 9.13. The number of nitrogens with one attached hydrogen (secondary N) is 1. The highest BCUT2D eigenvalue weighted by Crippen LogP contribution is 2.30. The largest absolute Gasteiger partial charge is 0.497 e. The Morgan fingerprint density at radius 1 is 1.11 bits per heavy atom. The molecule has 7 heteroatoms. The van der Waals surface area contributed by atoms with Gasteiger partial charge in [-0.2, -0.15) is 4.31 Å². The fourth-order valence-electron chi connectivity index (χ4n) is 3.67. The van der Waals surface area contributed by atoms with Gasteiger partial charge in [-0.1, -0.05) is 12.1 Å². The quantitative estimate of drug-likeness (QED) is 0.832. The molecule has 1 heterocycles. The number of aryl methyl sites for hydroxylation is 3. The molecule has 0 aromatic heterocycles. The molecule has 1 saturated heterocycles. The van der Waals surface area contributed by atoms with Gasteiger partial charge in [0.2, 0.25) is 15.9 Å². The Bertz CT molecular complexity index is 981. The number of methoxy groups -OCH3 is 1. The third-order valence-electron chi connectivity index (χ3n) is 4.98. The van der Waals surface area contributed by atoms with Gasteiger partial charge in [0.25, 0.3) is 0 Å². The summed E-state index contributed by atoms with van der Waals surface area (Å²) < 4.78 is 33.1. The van der Waals surface area contributed by atoms with Crippen molar-refractivity contribution >= 4 is 21.6 Å². The van der Waals surface area contributed by atoms with Crippen molar-refractivity contribution in [2.45, 2.75) is 44.6 Å². The maximum atomic E-state index is 13.3. The van der Waals surface area contributed by atoms with Crippen molar-refractivity contribution in [2.75, 3.05) is 19.0 Å². The minimum Gasteiger partial charge on any atom is -0.497 e. The smallest absolute Gasteiger partial charge is 0.244 e. The molecule has 150 valence electrons. The predicted molar refractivity (Wildman–Crippen MR) is 109 cm³/mol. The lowest BCUT2D eigenvalue weighted by atomic mass is 10.1. The molecule has 1 N–H and O–H groups in total. The van der Waals surface area contributed by atoms with Crippen LogP contribution in [0.4, 0.5) is 5.69 Å². The Morgan fingerprint density at radius 3 is 2.43 bits per heavy atom. The minimum atomic E-state index is -3.81. The molecule has 6 nitrogen and oxygen atoms in total. The molecule has 0 aliphatic carbocycles. The molecule has 0 radical (unpaired) electrons. The van der Waals surface area contributed by atoms with Crippen LogP contribution in [0.2, 0.25) is 0 Å². The molecule has 1 fully saturated rings. The Morgan fingerprint density at radius 2 is 1.79 bits per heavy atom. The van der Waals surface area contributed by atoms with Crippen molar-refractivity contribution in [1.29, 1.82) is 0 Å². The molecule has 28 heavy (non-hydrogen) atoms. The monoisotopic (exact) mass is 402 g/mol. The number of rotatable bonds is 5. The van der Waals surface area contributed by atoms with Crippen molar-refractivity contribution in [3.05, 3.63) is 53.1 Å². The van der Waals surface area contributed by atoms with Gasteiger partial charge in [0.1, 0.15) is 11.8 Å². The fraction of sp³-hybridized carbons (Fsp3) is 0.381. The van der Waals surface area contributed by atoms with Crippen LogP contribution in [0.5, 0.6) is 5.75 Å². The first kappa shape index (κ1) is 20.4. The Hall–Kier alpha value is -2.38. The van der Waals surface area contributed by atoms with Crippen LogP contribution in [-0.4, -0.2) is 38.3 Å². The van der Waals surface area contributed by atoms with Crippen LogP contribution >= 0.6 is 0 Å². The molecule has 3 rings (SSSR count). The van der Waals surface area contributed by atoms with Crippen molar-refractivity contribution in [3.63, 3.8) is 0 Å². The van der Waals surface area contributed by atoms with Gasteiger partial charge in [0, 0.05) is 18.3 Å². The van der Waals surface area contributed by atoms with E-state index in [0.29, 0.717) is 36.4 Å². The second kappa shape index (κ2) is 7.93. The van der Waals surface area contributed by atoms with Gasteiger partial charge in [0.05, 0.1) is 12.0 Å². The van der Waals surface area contributed by atoms with E-state index in [2.05, 4.69) is 5.32 Å². The molecule has 2 aromatic carbocycles.